The fourth-order valence-corrected chi connectivity index (χ4v) is 3.80. The molecule has 1 aromatic rings. The molecule has 19 heavy (non-hydrogen) atoms. The highest BCUT2D eigenvalue weighted by molar-refractivity contribution is 9.10. The topological polar surface area (TPSA) is 12.0 Å². The Balaban J connectivity index is 1.97. The second kappa shape index (κ2) is 6.85. The van der Waals surface area contributed by atoms with E-state index in [1.165, 1.54) is 38.2 Å². The van der Waals surface area contributed by atoms with E-state index in [0.29, 0.717) is 6.04 Å². The quantitative estimate of drug-likeness (QED) is 0.800. The first-order chi connectivity index (χ1) is 9.08. The molecular formula is C16H23BrFN. The number of rotatable bonds is 4. The highest BCUT2D eigenvalue weighted by Gasteiger charge is 2.22. The van der Waals surface area contributed by atoms with E-state index in [1.807, 2.05) is 6.07 Å². The summed E-state index contributed by atoms with van der Waals surface area (Å²) in [5.41, 5.74) is 1.13. The van der Waals surface area contributed by atoms with Gasteiger partial charge in [0.05, 0.1) is 0 Å². The summed E-state index contributed by atoms with van der Waals surface area (Å²) in [6, 6.07) is 5.70. The fraction of sp³-hybridized carbons (Fsp3) is 0.625. The lowest BCUT2D eigenvalue weighted by Crippen LogP contribution is -2.36. The first-order valence-electron chi connectivity index (χ1n) is 7.29. The fourth-order valence-electron chi connectivity index (χ4n) is 3.11. The van der Waals surface area contributed by atoms with E-state index in [2.05, 4.69) is 35.1 Å². The number of hydrogen-bond acceptors (Lipinski definition) is 1. The maximum absolute atomic E-state index is 13.1. The van der Waals surface area contributed by atoms with Gasteiger partial charge in [-0.25, -0.2) is 4.39 Å². The van der Waals surface area contributed by atoms with Crippen molar-refractivity contribution in [1.29, 1.82) is 0 Å². The van der Waals surface area contributed by atoms with Crippen molar-refractivity contribution in [1.82, 2.24) is 5.32 Å². The zero-order valence-corrected chi connectivity index (χ0v) is 13.3. The maximum atomic E-state index is 13.1. The van der Waals surface area contributed by atoms with Crippen LogP contribution in [-0.2, 0) is 0 Å². The van der Waals surface area contributed by atoms with E-state index in [0.717, 1.165) is 16.0 Å². The Morgan fingerprint density at radius 1 is 1.21 bits per heavy atom. The summed E-state index contributed by atoms with van der Waals surface area (Å²) < 4.78 is 14.0. The third-order valence-corrected chi connectivity index (χ3v) is 4.99. The summed E-state index contributed by atoms with van der Waals surface area (Å²) >= 11 is 3.45. The highest BCUT2D eigenvalue weighted by atomic mass is 79.9. The molecule has 106 valence electrons. The van der Waals surface area contributed by atoms with Crippen LogP contribution in [0.1, 0.15) is 57.6 Å². The van der Waals surface area contributed by atoms with E-state index in [1.54, 1.807) is 6.07 Å². The Bertz CT molecular complexity index is 415. The van der Waals surface area contributed by atoms with E-state index in [9.17, 15) is 4.39 Å². The molecule has 3 heteroatoms. The summed E-state index contributed by atoms with van der Waals surface area (Å²) in [5.74, 6) is 0.596. The molecule has 2 rings (SSSR count). The van der Waals surface area contributed by atoms with Gasteiger partial charge in [0, 0.05) is 16.6 Å². The molecule has 0 spiro atoms. The van der Waals surface area contributed by atoms with Crippen molar-refractivity contribution >= 4 is 15.9 Å². The average Bonchev–Trinajstić information content (AvgIpc) is 2.39. The first-order valence-corrected chi connectivity index (χ1v) is 8.08. The molecule has 0 saturated heterocycles. The van der Waals surface area contributed by atoms with Crippen molar-refractivity contribution in [3.05, 3.63) is 34.1 Å². The van der Waals surface area contributed by atoms with Crippen LogP contribution in [0.5, 0.6) is 0 Å². The van der Waals surface area contributed by atoms with Gasteiger partial charge in [0.15, 0.2) is 0 Å². The van der Waals surface area contributed by atoms with Gasteiger partial charge < -0.3 is 5.32 Å². The SMILES string of the molecule is CC(NC(C)C1CCCCC1)c1ccc(F)cc1Br. The summed E-state index contributed by atoms with van der Waals surface area (Å²) in [6.07, 6.45) is 6.80. The molecule has 1 N–H and O–H groups in total. The van der Waals surface area contributed by atoms with Gasteiger partial charge >= 0.3 is 0 Å². The van der Waals surface area contributed by atoms with Crippen LogP contribution in [0, 0.1) is 11.7 Å². The minimum atomic E-state index is -0.192. The number of halogens is 2. The predicted octanol–water partition coefficient (Wildman–Crippen LogP) is 5.21. The maximum Gasteiger partial charge on any atom is 0.124 e. The van der Waals surface area contributed by atoms with Gasteiger partial charge in [-0.3, -0.25) is 0 Å². The number of nitrogens with one attached hydrogen (secondary N) is 1. The standard InChI is InChI=1S/C16H23BrFN/c1-11(13-6-4-3-5-7-13)19-12(2)15-9-8-14(18)10-16(15)17/h8-13,19H,3-7H2,1-2H3. The summed E-state index contributed by atoms with van der Waals surface area (Å²) in [5, 5.41) is 3.67. The molecule has 2 unspecified atom stereocenters. The third kappa shape index (κ3) is 4.03. The van der Waals surface area contributed by atoms with Crippen LogP contribution >= 0.6 is 15.9 Å². The summed E-state index contributed by atoms with van der Waals surface area (Å²) in [6.45, 7) is 4.43. The van der Waals surface area contributed by atoms with Gasteiger partial charge in [0.1, 0.15) is 5.82 Å². The molecule has 2 atom stereocenters. The van der Waals surface area contributed by atoms with Crippen LogP contribution in [0.15, 0.2) is 22.7 Å². The zero-order chi connectivity index (χ0) is 13.8. The van der Waals surface area contributed by atoms with Crippen molar-refractivity contribution in [2.75, 3.05) is 0 Å². The molecule has 1 fully saturated rings. The normalized spacial score (nSPS) is 20.2. The van der Waals surface area contributed by atoms with Gasteiger partial charge in [-0.2, -0.15) is 0 Å². The molecule has 0 bridgehead atoms. The second-order valence-corrected chi connectivity index (χ2v) is 6.60. The highest BCUT2D eigenvalue weighted by Crippen LogP contribution is 2.29. The smallest absolute Gasteiger partial charge is 0.124 e. The van der Waals surface area contributed by atoms with Gasteiger partial charge in [0.2, 0.25) is 0 Å². The monoisotopic (exact) mass is 327 g/mol. The molecule has 0 aromatic heterocycles. The number of benzene rings is 1. The second-order valence-electron chi connectivity index (χ2n) is 5.74. The van der Waals surface area contributed by atoms with Gasteiger partial charge in [-0.15, -0.1) is 0 Å². The largest absolute Gasteiger partial charge is 0.307 e. The van der Waals surface area contributed by atoms with Crippen molar-refractivity contribution in [2.24, 2.45) is 5.92 Å². The molecule has 1 nitrogen and oxygen atoms in total. The predicted molar refractivity (Wildman–Crippen MR) is 81.7 cm³/mol. The van der Waals surface area contributed by atoms with Crippen molar-refractivity contribution in [3.63, 3.8) is 0 Å². The van der Waals surface area contributed by atoms with E-state index >= 15 is 0 Å². The van der Waals surface area contributed by atoms with Crippen molar-refractivity contribution in [2.45, 2.75) is 58.0 Å². The summed E-state index contributed by atoms with van der Waals surface area (Å²) in [4.78, 5) is 0. The van der Waals surface area contributed by atoms with E-state index in [-0.39, 0.29) is 11.9 Å². The molecule has 0 radical (unpaired) electrons. The Kier molecular flexibility index (Phi) is 5.40. The van der Waals surface area contributed by atoms with Crippen LogP contribution < -0.4 is 5.32 Å². The van der Waals surface area contributed by atoms with Crippen molar-refractivity contribution < 1.29 is 4.39 Å². The van der Waals surface area contributed by atoms with Crippen LogP contribution in [0.2, 0.25) is 0 Å². The van der Waals surface area contributed by atoms with Crippen LogP contribution in [-0.4, -0.2) is 6.04 Å². The molecular weight excluding hydrogens is 305 g/mol. The number of hydrogen-bond donors (Lipinski definition) is 1. The Labute approximate surface area is 124 Å². The minimum absolute atomic E-state index is 0.192. The van der Waals surface area contributed by atoms with Gasteiger partial charge in [0.25, 0.3) is 0 Å². The average molecular weight is 328 g/mol. The lowest BCUT2D eigenvalue weighted by molar-refractivity contribution is 0.268. The van der Waals surface area contributed by atoms with Crippen LogP contribution in [0.4, 0.5) is 4.39 Å². The third-order valence-electron chi connectivity index (χ3n) is 4.30. The molecule has 1 saturated carbocycles. The minimum Gasteiger partial charge on any atom is -0.307 e. The molecule has 1 aliphatic carbocycles. The molecule has 0 aliphatic heterocycles. The van der Waals surface area contributed by atoms with Gasteiger partial charge in [-0.1, -0.05) is 41.3 Å². The van der Waals surface area contributed by atoms with E-state index in [4.69, 9.17) is 0 Å². The molecule has 1 aromatic carbocycles. The molecule has 1 aliphatic rings. The Hall–Kier alpha value is -0.410. The molecule has 0 heterocycles. The van der Waals surface area contributed by atoms with Gasteiger partial charge in [-0.05, 0) is 50.3 Å². The molecule has 0 amide bonds. The summed E-state index contributed by atoms with van der Waals surface area (Å²) in [7, 11) is 0. The van der Waals surface area contributed by atoms with Crippen LogP contribution in [0.3, 0.4) is 0 Å². The van der Waals surface area contributed by atoms with Crippen molar-refractivity contribution in [3.8, 4) is 0 Å². The van der Waals surface area contributed by atoms with E-state index < -0.39 is 0 Å². The zero-order valence-electron chi connectivity index (χ0n) is 11.8. The Morgan fingerprint density at radius 3 is 2.53 bits per heavy atom. The lowest BCUT2D eigenvalue weighted by atomic mass is 9.84. The Morgan fingerprint density at radius 2 is 1.89 bits per heavy atom. The lowest BCUT2D eigenvalue weighted by Gasteiger charge is -2.31. The van der Waals surface area contributed by atoms with Crippen LogP contribution in [0.25, 0.3) is 0 Å². The first kappa shape index (κ1) is 15.0.